The van der Waals surface area contributed by atoms with E-state index in [1.54, 1.807) is 0 Å². The molecule has 1 aliphatic carbocycles. The first kappa shape index (κ1) is 17.5. The summed E-state index contributed by atoms with van der Waals surface area (Å²) in [6.45, 7) is 2.07. The average Bonchev–Trinajstić information content (AvgIpc) is 3.40. The highest BCUT2D eigenvalue weighted by molar-refractivity contribution is 7.90. The molecule has 7 nitrogen and oxygen atoms in total. The zero-order valence-corrected chi connectivity index (χ0v) is 15.0. The first-order valence-electron chi connectivity index (χ1n) is 7.83. The Morgan fingerprint density at radius 3 is 1.88 bits per heavy atom. The van der Waals surface area contributed by atoms with Gasteiger partial charge in [-0.3, -0.25) is 4.79 Å². The molecule has 0 bridgehead atoms. The van der Waals surface area contributed by atoms with Crippen LogP contribution < -0.4 is 0 Å². The van der Waals surface area contributed by atoms with Gasteiger partial charge in [0.05, 0.1) is 10.1 Å². The lowest BCUT2D eigenvalue weighted by Gasteiger charge is -2.33. The zero-order chi connectivity index (χ0) is 17.5. The summed E-state index contributed by atoms with van der Waals surface area (Å²) in [6.07, 6.45) is 1.40. The molecule has 9 heteroatoms. The molecule has 1 aliphatic heterocycles. The molecular formula is C15H20N2O5S2. The van der Waals surface area contributed by atoms with Crippen molar-refractivity contribution in [3.8, 4) is 0 Å². The van der Waals surface area contributed by atoms with E-state index in [-0.39, 0.29) is 42.1 Å². The van der Waals surface area contributed by atoms with Crippen molar-refractivity contribution in [2.24, 2.45) is 0 Å². The van der Waals surface area contributed by atoms with Crippen LogP contribution in [0.15, 0.2) is 29.2 Å². The van der Waals surface area contributed by atoms with Gasteiger partial charge in [-0.05, 0) is 31.9 Å². The summed E-state index contributed by atoms with van der Waals surface area (Å²) in [5.74, 6) is -0.127. The molecule has 1 aromatic carbocycles. The van der Waals surface area contributed by atoms with E-state index >= 15 is 0 Å². The molecule has 24 heavy (non-hydrogen) atoms. The van der Waals surface area contributed by atoms with Crippen molar-refractivity contribution < 1.29 is 21.6 Å². The van der Waals surface area contributed by atoms with Gasteiger partial charge in [-0.2, -0.15) is 8.61 Å². The van der Waals surface area contributed by atoms with Gasteiger partial charge in [0.25, 0.3) is 0 Å². The second kappa shape index (κ2) is 6.21. The smallest absolute Gasteiger partial charge is 0.243 e. The molecule has 132 valence electrons. The number of piperazine rings is 1. The van der Waals surface area contributed by atoms with E-state index in [4.69, 9.17) is 0 Å². The molecular weight excluding hydrogens is 352 g/mol. The Morgan fingerprint density at radius 1 is 0.917 bits per heavy atom. The van der Waals surface area contributed by atoms with E-state index in [0.29, 0.717) is 18.4 Å². The lowest BCUT2D eigenvalue weighted by Crippen LogP contribution is -2.51. The van der Waals surface area contributed by atoms with Crippen molar-refractivity contribution in [1.29, 1.82) is 0 Å². The van der Waals surface area contributed by atoms with Crippen LogP contribution in [0.2, 0.25) is 0 Å². The van der Waals surface area contributed by atoms with Gasteiger partial charge in [0.2, 0.25) is 20.0 Å². The summed E-state index contributed by atoms with van der Waals surface area (Å²) < 4.78 is 52.4. The van der Waals surface area contributed by atoms with E-state index in [1.165, 1.54) is 39.8 Å². The van der Waals surface area contributed by atoms with Gasteiger partial charge in [-0.25, -0.2) is 16.8 Å². The third-order valence-corrected chi connectivity index (χ3v) is 8.71. The second-order valence-corrected chi connectivity index (χ2v) is 10.3. The number of carbonyl (C=O) groups excluding carboxylic acids is 1. The number of nitrogens with zero attached hydrogens (tertiary/aromatic N) is 2. The van der Waals surface area contributed by atoms with E-state index in [0.717, 1.165) is 0 Å². The molecule has 0 N–H and O–H groups in total. The first-order chi connectivity index (χ1) is 11.2. The predicted molar refractivity (Wildman–Crippen MR) is 88.7 cm³/mol. The van der Waals surface area contributed by atoms with Gasteiger partial charge >= 0.3 is 0 Å². The monoisotopic (exact) mass is 372 g/mol. The maximum Gasteiger partial charge on any atom is 0.243 e. The van der Waals surface area contributed by atoms with Gasteiger partial charge in [0, 0.05) is 31.7 Å². The fourth-order valence-corrected chi connectivity index (χ4v) is 6.00. The van der Waals surface area contributed by atoms with Crippen molar-refractivity contribution >= 4 is 25.8 Å². The van der Waals surface area contributed by atoms with Gasteiger partial charge in [0.15, 0.2) is 5.78 Å². The fraction of sp³-hybridized carbons (Fsp3) is 0.533. The molecule has 1 saturated carbocycles. The number of hydrogen-bond donors (Lipinski definition) is 0. The van der Waals surface area contributed by atoms with E-state index in [2.05, 4.69) is 0 Å². The Bertz CT molecular complexity index is 834. The highest BCUT2D eigenvalue weighted by Gasteiger charge is 2.42. The summed E-state index contributed by atoms with van der Waals surface area (Å²) in [5.41, 5.74) is 0.453. The second-order valence-electron chi connectivity index (χ2n) is 6.13. The van der Waals surface area contributed by atoms with Crippen LogP contribution in [-0.4, -0.2) is 62.7 Å². The third-order valence-electron chi connectivity index (χ3n) is 4.40. The van der Waals surface area contributed by atoms with Crippen molar-refractivity contribution in [2.45, 2.75) is 29.9 Å². The Morgan fingerprint density at radius 2 is 1.42 bits per heavy atom. The minimum atomic E-state index is -3.68. The average molecular weight is 372 g/mol. The normalized spacial score (nSPS) is 20.9. The standard InChI is InChI=1S/C15H20N2O5S2/c1-12(18)13-2-4-14(5-3-13)23(19,20)16-8-10-17(11-9-16)24(21,22)15-6-7-15/h2-5,15H,6-11H2,1H3. The molecule has 0 amide bonds. The number of Topliss-reactive ketones (excluding diaryl/α,β-unsaturated/α-hetero) is 1. The zero-order valence-electron chi connectivity index (χ0n) is 13.4. The van der Waals surface area contributed by atoms with Gasteiger partial charge in [-0.1, -0.05) is 12.1 Å². The number of hydrogen-bond acceptors (Lipinski definition) is 5. The fourth-order valence-electron chi connectivity index (χ4n) is 2.75. The van der Waals surface area contributed by atoms with Crippen LogP contribution in [0, 0.1) is 0 Å². The highest BCUT2D eigenvalue weighted by Crippen LogP contribution is 2.31. The molecule has 1 saturated heterocycles. The van der Waals surface area contributed by atoms with Crippen LogP contribution in [-0.2, 0) is 20.0 Å². The van der Waals surface area contributed by atoms with Crippen molar-refractivity contribution in [2.75, 3.05) is 26.2 Å². The summed E-state index contributed by atoms with van der Waals surface area (Å²) >= 11 is 0. The number of sulfonamides is 2. The molecule has 0 atom stereocenters. The lowest BCUT2D eigenvalue weighted by atomic mass is 10.2. The topological polar surface area (TPSA) is 91.8 Å². The molecule has 1 heterocycles. The van der Waals surface area contributed by atoms with Crippen LogP contribution in [0.25, 0.3) is 0 Å². The molecule has 2 fully saturated rings. The predicted octanol–water partition coefficient (Wildman–Crippen LogP) is 0.688. The molecule has 2 aliphatic rings. The third kappa shape index (κ3) is 3.26. The molecule has 3 rings (SSSR count). The van der Waals surface area contributed by atoms with Crippen LogP contribution in [0.4, 0.5) is 0 Å². The number of rotatable bonds is 5. The number of carbonyl (C=O) groups is 1. The Kier molecular flexibility index (Phi) is 4.54. The van der Waals surface area contributed by atoms with Crippen LogP contribution in [0.5, 0.6) is 0 Å². The molecule has 0 aromatic heterocycles. The van der Waals surface area contributed by atoms with Gasteiger partial charge in [-0.15, -0.1) is 0 Å². The van der Waals surface area contributed by atoms with Crippen LogP contribution in [0.3, 0.4) is 0 Å². The lowest BCUT2D eigenvalue weighted by molar-refractivity contribution is 0.101. The minimum Gasteiger partial charge on any atom is -0.295 e. The minimum absolute atomic E-state index is 0.117. The van der Waals surface area contributed by atoms with Crippen molar-refractivity contribution in [3.63, 3.8) is 0 Å². The Labute approximate surface area is 142 Å². The molecule has 1 aromatic rings. The number of ketones is 1. The van der Waals surface area contributed by atoms with Crippen LogP contribution >= 0.6 is 0 Å². The highest BCUT2D eigenvalue weighted by atomic mass is 32.2. The summed E-state index contributed by atoms with van der Waals surface area (Å²) in [7, 11) is -6.94. The Hall–Kier alpha value is -1.29. The molecule has 0 radical (unpaired) electrons. The first-order valence-corrected chi connectivity index (χ1v) is 10.8. The largest absolute Gasteiger partial charge is 0.295 e. The van der Waals surface area contributed by atoms with Crippen molar-refractivity contribution in [3.05, 3.63) is 29.8 Å². The maximum atomic E-state index is 12.6. The quantitative estimate of drug-likeness (QED) is 0.709. The summed E-state index contributed by atoms with van der Waals surface area (Å²) in [6, 6.07) is 5.81. The summed E-state index contributed by atoms with van der Waals surface area (Å²) in [4.78, 5) is 11.4. The maximum absolute atomic E-state index is 12.6. The van der Waals surface area contributed by atoms with Gasteiger partial charge in [0.1, 0.15) is 0 Å². The molecule has 0 unspecified atom stereocenters. The summed E-state index contributed by atoms with van der Waals surface area (Å²) in [5, 5.41) is -0.278. The van der Waals surface area contributed by atoms with E-state index in [1.807, 2.05) is 0 Å². The van der Waals surface area contributed by atoms with Crippen molar-refractivity contribution in [1.82, 2.24) is 8.61 Å². The molecule has 0 spiro atoms. The van der Waals surface area contributed by atoms with E-state index in [9.17, 15) is 21.6 Å². The van der Waals surface area contributed by atoms with Crippen LogP contribution in [0.1, 0.15) is 30.1 Å². The number of benzene rings is 1. The SMILES string of the molecule is CC(=O)c1ccc(S(=O)(=O)N2CCN(S(=O)(=O)C3CC3)CC2)cc1. The Balaban J connectivity index is 1.71. The van der Waals surface area contributed by atoms with Gasteiger partial charge < -0.3 is 0 Å². The van der Waals surface area contributed by atoms with E-state index < -0.39 is 20.0 Å².